The van der Waals surface area contributed by atoms with Crippen molar-refractivity contribution in [2.24, 2.45) is 0 Å². The van der Waals surface area contributed by atoms with Crippen LogP contribution in [0.1, 0.15) is 26.2 Å². The van der Waals surface area contributed by atoms with Gasteiger partial charge >= 0.3 is 0 Å². The summed E-state index contributed by atoms with van der Waals surface area (Å²) in [4.78, 5) is 0. The molecular weight excluding hydrogens is 191 g/mol. The largest absolute Gasteiger partial charge is 0.0884 e. The number of allylic oxidation sites excluding steroid dienone is 6. The Morgan fingerprint density at radius 1 is 1.50 bits per heavy atom. The van der Waals surface area contributed by atoms with E-state index in [1.165, 1.54) is 0 Å². The molecule has 0 N–H and O–H groups in total. The summed E-state index contributed by atoms with van der Waals surface area (Å²) in [6.07, 6.45) is 8.97. The zero-order valence-electron chi connectivity index (χ0n) is 7.11. The van der Waals surface area contributed by atoms with Crippen molar-refractivity contribution in [1.82, 2.24) is 0 Å². The predicted octanol–water partition coefficient (Wildman–Crippen LogP) is 4.36. The van der Waals surface area contributed by atoms with Crippen LogP contribution in [0.3, 0.4) is 0 Å². The minimum absolute atomic E-state index is 0.788. The molecule has 0 bridgehead atoms. The van der Waals surface area contributed by atoms with Gasteiger partial charge in [-0.2, -0.15) is 0 Å². The Kier molecular flexibility index (Phi) is 3.90. The molecule has 0 saturated carbocycles. The zero-order chi connectivity index (χ0) is 8.97. The van der Waals surface area contributed by atoms with Crippen LogP contribution in [-0.4, -0.2) is 0 Å². The highest BCUT2D eigenvalue weighted by atomic mass is 35.5. The average Bonchev–Trinajstić information content (AvgIpc) is 2.04. The Balaban J connectivity index is 2.83. The van der Waals surface area contributed by atoms with Crippen LogP contribution >= 0.6 is 23.2 Å². The van der Waals surface area contributed by atoms with Gasteiger partial charge in [0.1, 0.15) is 0 Å². The fourth-order valence-corrected chi connectivity index (χ4v) is 1.71. The first-order chi connectivity index (χ1) is 5.75. The van der Waals surface area contributed by atoms with Gasteiger partial charge in [0, 0.05) is 15.6 Å². The maximum absolute atomic E-state index is 6.02. The average molecular weight is 203 g/mol. The third-order valence-corrected chi connectivity index (χ3v) is 2.51. The highest BCUT2D eigenvalue weighted by Crippen LogP contribution is 2.30. The van der Waals surface area contributed by atoms with Gasteiger partial charge in [-0.05, 0) is 19.3 Å². The SMILES string of the molecule is CCC=CC1=C(Cl)CCC=C1Cl. The van der Waals surface area contributed by atoms with Crippen LogP contribution < -0.4 is 0 Å². The molecule has 0 fully saturated rings. The quantitative estimate of drug-likeness (QED) is 0.625. The van der Waals surface area contributed by atoms with Crippen LogP contribution in [-0.2, 0) is 0 Å². The second kappa shape index (κ2) is 4.74. The third kappa shape index (κ3) is 2.40. The maximum Gasteiger partial charge on any atom is 0.0450 e. The van der Waals surface area contributed by atoms with E-state index in [0.29, 0.717) is 0 Å². The van der Waals surface area contributed by atoms with Crippen molar-refractivity contribution in [3.63, 3.8) is 0 Å². The van der Waals surface area contributed by atoms with E-state index in [0.717, 1.165) is 34.9 Å². The van der Waals surface area contributed by atoms with E-state index in [9.17, 15) is 0 Å². The predicted molar refractivity (Wildman–Crippen MR) is 55.5 cm³/mol. The van der Waals surface area contributed by atoms with Gasteiger partial charge in [-0.15, -0.1) is 0 Å². The van der Waals surface area contributed by atoms with Gasteiger partial charge in [0.05, 0.1) is 0 Å². The summed E-state index contributed by atoms with van der Waals surface area (Å²) >= 11 is 12.0. The summed E-state index contributed by atoms with van der Waals surface area (Å²) in [6.45, 7) is 2.09. The summed E-state index contributed by atoms with van der Waals surface area (Å²) in [5.74, 6) is 0. The van der Waals surface area contributed by atoms with E-state index in [4.69, 9.17) is 23.2 Å². The summed E-state index contributed by atoms with van der Waals surface area (Å²) in [5, 5.41) is 1.67. The lowest BCUT2D eigenvalue weighted by Gasteiger charge is -2.10. The molecule has 0 saturated heterocycles. The minimum Gasteiger partial charge on any atom is -0.0884 e. The molecule has 0 aromatic heterocycles. The molecule has 0 heterocycles. The summed E-state index contributed by atoms with van der Waals surface area (Å²) in [5.41, 5.74) is 0.992. The summed E-state index contributed by atoms with van der Waals surface area (Å²) in [6, 6.07) is 0. The highest BCUT2D eigenvalue weighted by molar-refractivity contribution is 6.36. The smallest absolute Gasteiger partial charge is 0.0450 e. The lowest BCUT2D eigenvalue weighted by Crippen LogP contribution is -1.90. The molecule has 1 aliphatic rings. The first-order valence-electron chi connectivity index (χ1n) is 4.17. The van der Waals surface area contributed by atoms with Crippen molar-refractivity contribution in [3.8, 4) is 0 Å². The van der Waals surface area contributed by atoms with Gasteiger partial charge in [-0.25, -0.2) is 0 Å². The number of hydrogen-bond acceptors (Lipinski definition) is 0. The number of hydrogen-bond donors (Lipinski definition) is 0. The van der Waals surface area contributed by atoms with E-state index in [1.54, 1.807) is 0 Å². The van der Waals surface area contributed by atoms with Crippen molar-refractivity contribution < 1.29 is 0 Å². The van der Waals surface area contributed by atoms with E-state index < -0.39 is 0 Å². The van der Waals surface area contributed by atoms with Crippen LogP contribution in [0.4, 0.5) is 0 Å². The van der Waals surface area contributed by atoms with Gasteiger partial charge in [-0.3, -0.25) is 0 Å². The van der Waals surface area contributed by atoms with Crippen LogP contribution in [0.15, 0.2) is 33.9 Å². The number of halogens is 2. The third-order valence-electron chi connectivity index (χ3n) is 1.76. The molecule has 1 rings (SSSR count). The Morgan fingerprint density at radius 2 is 2.25 bits per heavy atom. The molecule has 1 aliphatic carbocycles. The molecule has 0 aliphatic heterocycles. The van der Waals surface area contributed by atoms with Crippen LogP contribution in [0.25, 0.3) is 0 Å². The second-order valence-corrected chi connectivity index (χ2v) is 3.58. The molecule has 0 unspecified atom stereocenters. The second-order valence-electron chi connectivity index (χ2n) is 2.72. The molecule has 2 heteroatoms. The van der Waals surface area contributed by atoms with Crippen molar-refractivity contribution >= 4 is 23.2 Å². The maximum atomic E-state index is 6.02. The molecule has 66 valence electrons. The highest BCUT2D eigenvalue weighted by Gasteiger charge is 2.09. The van der Waals surface area contributed by atoms with E-state index in [-0.39, 0.29) is 0 Å². The van der Waals surface area contributed by atoms with Gasteiger partial charge in [0.2, 0.25) is 0 Å². The monoisotopic (exact) mass is 202 g/mol. The molecule has 0 aromatic carbocycles. The molecular formula is C10H12Cl2. The Morgan fingerprint density at radius 3 is 2.83 bits per heavy atom. The normalized spacial score (nSPS) is 18.8. The summed E-state index contributed by atoms with van der Waals surface area (Å²) < 4.78 is 0. The number of rotatable bonds is 2. The van der Waals surface area contributed by atoms with Crippen molar-refractivity contribution in [1.29, 1.82) is 0 Å². The fraction of sp³-hybridized carbons (Fsp3) is 0.400. The first-order valence-corrected chi connectivity index (χ1v) is 4.92. The molecule has 0 nitrogen and oxygen atoms in total. The minimum atomic E-state index is 0.788. The molecule has 0 radical (unpaired) electrons. The fourth-order valence-electron chi connectivity index (χ4n) is 1.11. The zero-order valence-corrected chi connectivity index (χ0v) is 8.62. The van der Waals surface area contributed by atoms with Crippen LogP contribution in [0.5, 0.6) is 0 Å². The van der Waals surface area contributed by atoms with E-state index >= 15 is 0 Å². The molecule has 0 atom stereocenters. The van der Waals surface area contributed by atoms with Gasteiger partial charge in [0.15, 0.2) is 0 Å². The van der Waals surface area contributed by atoms with Crippen LogP contribution in [0.2, 0.25) is 0 Å². The van der Waals surface area contributed by atoms with Gasteiger partial charge in [-0.1, -0.05) is 48.4 Å². The lowest BCUT2D eigenvalue weighted by atomic mass is 10.1. The van der Waals surface area contributed by atoms with Gasteiger partial charge < -0.3 is 0 Å². The van der Waals surface area contributed by atoms with Crippen molar-refractivity contribution in [3.05, 3.63) is 33.9 Å². The summed E-state index contributed by atoms with van der Waals surface area (Å²) in [7, 11) is 0. The Bertz CT molecular complexity index is 247. The first kappa shape index (κ1) is 9.88. The lowest BCUT2D eigenvalue weighted by molar-refractivity contribution is 0.998. The van der Waals surface area contributed by atoms with E-state index in [1.807, 2.05) is 12.2 Å². The molecule has 0 spiro atoms. The molecule has 0 aromatic rings. The molecule has 0 amide bonds. The van der Waals surface area contributed by atoms with E-state index in [2.05, 4.69) is 13.0 Å². The van der Waals surface area contributed by atoms with Gasteiger partial charge in [0.25, 0.3) is 0 Å². The van der Waals surface area contributed by atoms with Crippen LogP contribution in [0, 0.1) is 0 Å². The van der Waals surface area contributed by atoms with Crippen molar-refractivity contribution in [2.45, 2.75) is 26.2 Å². The standard InChI is InChI=1S/C10H12Cl2/c1-2-3-5-8-9(11)6-4-7-10(8)12/h3,5-6H,2,4,7H2,1H3. The Labute approximate surface area is 83.6 Å². The molecule has 12 heavy (non-hydrogen) atoms. The topological polar surface area (TPSA) is 0 Å². The Hall–Kier alpha value is -0.200. The van der Waals surface area contributed by atoms with Crippen molar-refractivity contribution in [2.75, 3.05) is 0 Å².